The molecule has 3 unspecified atom stereocenters. The van der Waals surface area contributed by atoms with Crippen molar-refractivity contribution in [1.29, 1.82) is 0 Å². The first-order chi connectivity index (χ1) is 12.2. The van der Waals surface area contributed by atoms with Crippen LogP contribution in [0.2, 0.25) is 0 Å². The van der Waals surface area contributed by atoms with E-state index in [1.807, 2.05) is 6.92 Å². The maximum atomic E-state index is 12.5. The van der Waals surface area contributed by atoms with Crippen LogP contribution in [-0.4, -0.2) is 34.0 Å². The Labute approximate surface area is 156 Å². The lowest BCUT2D eigenvalue weighted by atomic mass is 9.48. The van der Waals surface area contributed by atoms with Crippen LogP contribution in [0.25, 0.3) is 0 Å². The molecule has 0 aliphatic heterocycles. The van der Waals surface area contributed by atoms with Crippen molar-refractivity contribution in [3.8, 4) is 0 Å². The number of fused-ring (bicyclic) bond motifs is 5. The van der Waals surface area contributed by atoms with Crippen molar-refractivity contribution >= 4 is 11.6 Å². The molecule has 4 rings (SSSR count). The molecule has 4 aliphatic rings. The lowest BCUT2D eigenvalue weighted by Crippen LogP contribution is -2.58. The second-order valence-electron chi connectivity index (χ2n) is 9.91. The Balaban J connectivity index is 1.74. The van der Waals surface area contributed by atoms with Crippen molar-refractivity contribution in [3.63, 3.8) is 0 Å². The van der Waals surface area contributed by atoms with E-state index in [0.29, 0.717) is 36.9 Å². The molecule has 0 spiro atoms. The highest BCUT2D eigenvalue weighted by molar-refractivity contribution is 5.90. The molecule has 0 bridgehead atoms. The van der Waals surface area contributed by atoms with Crippen molar-refractivity contribution in [2.75, 3.05) is 6.61 Å². The molecule has 0 saturated heterocycles. The lowest BCUT2D eigenvalue weighted by Gasteiger charge is -2.56. The third-order valence-electron chi connectivity index (χ3n) is 8.99. The van der Waals surface area contributed by atoms with E-state index < -0.39 is 23.4 Å². The fourth-order valence-corrected chi connectivity index (χ4v) is 7.38. The average Bonchev–Trinajstić information content (AvgIpc) is 2.83. The highest BCUT2D eigenvalue weighted by Crippen LogP contribution is 2.67. The minimum absolute atomic E-state index is 0.100. The van der Waals surface area contributed by atoms with Crippen LogP contribution in [0.15, 0.2) is 11.6 Å². The molecule has 4 aliphatic carbocycles. The summed E-state index contributed by atoms with van der Waals surface area (Å²) in [7, 11) is 0. The summed E-state index contributed by atoms with van der Waals surface area (Å²) in [6.07, 6.45) is 8.28. The fraction of sp³-hybridized carbons (Fsp3) is 0.818. The van der Waals surface area contributed by atoms with Gasteiger partial charge in [0.15, 0.2) is 5.78 Å². The Bertz CT molecular complexity index is 682. The van der Waals surface area contributed by atoms with Gasteiger partial charge in [-0.05, 0) is 61.2 Å². The molecule has 0 heterocycles. The molecule has 4 heteroatoms. The average molecular weight is 360 g/mol. The molecule has 0 aromatic carbocycles. The van der Waals surface area contributed by atoms with Crippen molar-refractivity contribution in [2.24, 2.45) is 34.5 Å². The van der Waals surface area contributed by atoms with Crippen LogP contribution in [0.5, 0.6) is 0 Å². The molecular formula is C22H32O4. The first-order valence-electron chi connectivity index (χ1n) is 10.3. The van der Waals surface area contributed by atoms with Crippen molar-refractivity contribution < 1.29 is 19.8 Å². The Morgan fingerprint density at radius 2 is 2.04 bits per heavy atom. The summed E-state index contributed by atoms with van der Waals surface area (Å²) in [6.45, 7) is 5.77. The molecule has 7 atom stereocenters. The number of carbonyl (C=O) groups is 2. The van der Waals surface area contributed by atoms with Gasteiger partial charge in [0.05, 0.1) is 0 Å². The summed E-state index contributed by atoms with van der Waals surface area (Å²) in [5.74, 6) is 0.968. The van der Waals surface area contributed by atoms with Crippen molar-refractivity contribution in [1.82, 2.24) is 0 Å². The van der Waals surface area contributed by atoms with E-state index in [9.17, 15) is 19.8 Å². The van der Waals surface area contributed by atoms with E-state index in [1.54, 1.807) is 0 Å². The lowest BCUT2D eigenvalue weighted by molar-refractivity contribution is -0.162. The maximum absolute atomic E-state index is 12.5. The van der Waals surface area contributed by atoms with E-state index in [1.165, 1.54) is 5.57 Å². The molecule has 0 radical (unpaired) electrons. The van der Waals surface area contributed by atoms with E-state index in [4.69, 9.17) is 0 Å². The number of allylic oxidation sites excluding steroid dienone is 2. The van der Waals surface area contributed by atoms with E-state index in [2.05, 4.69) is 19.9 Å². The van der Waals surface area contributed by atoms with E-state index in [0.717, 1.165) is 25.7 Å². The predicted molar refractivity (Wildman–Crippen MR) is 98.3 cm³/mol. The molecule has 4 nitrogen and oxygen atoms in total. The molecule has 0 amide bonds. The van der Waals surface area contributed by atoms with Gasteiger partial charge in [-0.1, -0.05) is 32.4 Å². The Morgan fingerprint density at radius 3 is 2.73 bits per heavy atom. The van der Waals surface area contributed by atoms with E-state index in [-0.39, 0.29) is 17.3 Å². The molecule has 0 aromatic heterocycles. The fourth-order valence-electron chi connectivity index (χ4n) is 7.38. The van der Waals surface area contributed by atoms with Crippen molar-refractivity contribution in [2.45, 2.75) is 71.3 Å². The van der Waals surface area contributed by atoms with Gasteiger partial charge >= 0.3 is 0 Å². The number of aliphatic hydroxyl groups excluding tert-OH is 1. The summed E-state index contributed by atoms with van der Waals surface area (Å²) < 4.78 is 0. The monoisotopic (exact) mass is 360 g/mol. The number of carbonyl (C=O) groups excluding carboxylic acids is 2. The van der Waals surface area contributed by atoms with Gasteiger partial charge in [-0.15, -0.1) is 0 Å². The van der Waals surface area contributed by atoms with Crippen LogP contribution in [0, 0.1) is 34.5 Å². The van der Waals surface area contributed by atoms with Gasteiger partial charge in [0.2, 0.25) is 0 Å². The van der Waals surface area contributed by atoms with Crippen LogP contribution in [-0.2, 0) is 9.59 Å². The molecule has 26 heavy (non-hydrogen) atoms. The highest BCUT2D eigenvalue weighted by atomic mass is 16.3. The maximum Gasteiger partial charge on any atom is 0.190 e. The molecule has 2 N–H and O–H groups in total. The Morgan fingerprint density at radius 1 is 1.31 bits per heavy atom. The SMILES string of the molecule is C[C@@H]1CC2C3CCC4CC(=O)CC[C@]4(C)C3=CC[C@]2(C)[C@@]1(O)C(=O)CO. The van der Waals surface area contributed by atoms with Crippen LogP contribution < -0.4 is 0 Å². The van der Waals surface area contributed by atoms with Crippen molar-refractivity contribution in [3.05, 3.63) is 11.6 Å². The molecular weight excluding hydrogens is 328 g/mol. The van der Waals surface area contributed by atoms with Crippen LogP contribution in [0.4, 0.5) is 0 Å². The normalized spacial score (nSPS) is 50.5. The first-order valence-corrected chi connectivity index (χ1v) is 10.3. The third kappa shape index (κ3) is 2.09. The van der Waals surface area contributed by atoms with Gasteiger partial charge in [-0.2, -0.15) is 0 Å². The number of hydrogen-bond acceptors (Lipinski definition) is 4. The minimum atomic E-state index is -1.44. The van der Waals surface area contributed by atoms with Crippen LogP contribution >= 0.6 is 0 Å². The predicted octanol–water partition coefficient (Wildman–Crippen LogP) is 3.06. The van der Waals surface area contributed by atoms with Gasteiger partial charge in [0.25, 0.3) is 0 Å². The molecule has 3 fully saturated rings. The number of hydrogen-bond donors (Lipinski definition) is 2. The quantitative estimate of drug-likeness (QED) is 0.742. The van der Waals surface area contributed by atoms with Gasteiger partial charge in [0, 0.05) is 18.3 Å². The highest BCUT2D eigenvalue weighted by Gasteiger charge is 2.67. The Kier molecular flexibility index (Phi) is 4.06. The zero-order chi connectivity index (χ0) is 18.9. The third-order valence-corrected chi connectivity index (χ3v) is 8.99. The standard InChI is InChI=1S/C22H32O4/c1-13-10-18-16-5-4-14-11-15(24)6-8-20(14,2)17(16)7-9-21(18,3)22(13,26)19(25)12-23/h7,13-14,16,18,23,26H,4-6,8-12H2,1-3H3/t13-,14?,16?,18?,20+,21+,22+/m1/s1. The van der Waals surface area contributed by atoms with Gasteiger partial charge < -0.3 is 10.2 Å². The van der Waals surface area contributed by atoms with Gasteiger partial charge in [-0.3, -0.25) is 9.59 Å². The summed E-state index contributed by atoms with van der Waals surface area (Å²) in [4.78, 5) is 24.5. The summed E-state index contributed by atoms with van der Waals surface area (Å²) in [5.41, 5.74) is -0.344. The summed E-state index contributed by atoms with van der Waals surface area (Å²) in [6, 6.07) is 0. The van der Waals surface area contributed by atoms with Gasteiger partial charge in [-0.25, -0.2) is 0 Å². The van der Waals surface area contributed by atoms with E-state index >= 15 is 0 Å². The number of ketones is 2. The second-order valence-corrected chi connectivity index (χ2v) is 9.91. The zero-order valence-electron chi connectivity index (χ0n) is 16.3. The van der Waals surface area contributed by atoms with Gasteiger partial charge in [0.1, 0.15) is 18.0 Å². The largest absolute Gasteiger partial charge is 0.388 e. The molecule has 0 aromatic rings. The first kappa shape index (κ1) is 18.4. The van der Waals surface area contributed by atoms with Crippen LogP contribution in [0.3, 0.4) is 0 Å². The van der Waals surface area contributed by atoms with Crippen LogP contribution in [0.1, 0.15) is 65.7 Å². The summed E-state index contributed by atoms with van der Waals surface area (Å²) in [5, 5.41) is 20.9. The topological polar surface area (TPSA) is 74.6 Å². The number of aliphatic hydroxyl groups is 2. The molecule has 144 valence electrons. The molecule has 3 saturated carbocycles. The Hall–Kier alpha value is -1.00. The second kappa shape index (κ2) is 5.75. The zero-order valence-corrected chi connectivity index (χ0v) is 16.3. The number of Topliss-reactive ketones (excluding diaryl/α,β-unsaturated/α-hetero) is 2. The summed E-state index contributed by atoms with van der Waals surface area (Å²) >= 11 is 0. The smallest absolute Gasteiger partial charge is 0.190 e. The minimum Gasteiger partial charge on any atom is -0.388 e. The number of rotatable bonds is 2.